The Labute approximate surface area is 151 Å². The Morgan fingerprint density at radius 2 is 1.72 bits per heavy atom. The van der Waals surface area contributed by atoms with Crippen LogP contribution in [0.15, 0.2) is 29.2 Å². The maximum Gasteiger partial charge on any atom is 0.315 e. The third-order valence-corrected chi connectivity index (χ3v) is 6.22. The molecule has 2 rings (SSSR count). The van der Waals surface area contributed by atoms with Gasteiger partial charge in [0.2, 0.25) is 0 Å². The minimum absolute atomic E-state index is 0.0126. The van der Waals surface area contributed by atoms with Crippen LogP contribution in [0.5, 0.6) is 0 Å². The molecular formula is C16H21ClN2O5S. The van der Waals surface area contributed by atoms with Crippen molar-refractivity contribution >= 4 is 33.4 Å². The minimum Gasteiger partial charge on any atom is -0.481 e. The van der Waals surface area contributed by atoms with Crippen LogP contribution >= 0.6 is 11.6 Å². The van der Waals surface area contributed by atoms with E-state index in [9.17, 15) is 18.0 Å². The fourth-order valence-electron chi connectivity index (χ4n) is 2.78. The molecule has 0 heterocycles. The number of halogens is 1. The summed E-state index contributed by atoms with van der Waals surface area (Å²) in [5.41, 5.74) is 0. The average molecular weight is 389 g/mol. The predicted octanol–water partition coefficient (Wildman–Crippen LogP) is 2.06. The van der Waals surface area contributed by atoms with E-state index in [0.717, 1.165) is 0 Å². The number of carboxylic acids is 1. The number of amides is 2. The van der Waals surface area contributed by atoms with E-state index in [0.29, 0.717) is 30.7 Å². The molecule has 2 amide bonds. The van der Waals surface area contributed by atoms with E-state index >= 15 is 0 Å². The summed E-state index contributed by atoms with van der Waals surface area (Å²) in [6, 6.07) is 5.34. The highest BCUT2D eigenvalue weighted by Gasteiger charge is 2.26. The summed E-state index contributed by atoms with van der Waals surface area (Å²) in [6.45, 7) is -0.0126. The number of aliphatic carboxylic acids is 1. The van der Waals surface area contributed by atoms with E-state index in [2.05, 4.69) is 10.6 Å². The van der Waals surface area contributed by atoms with Gasteiger partial charge in [-0.05, 0) is 49.9 Å². The molecule has 7 nitrogen and oxygen atoms in total. The Hall–Kier alpha value is -1.80. The van der Waals surface area contributed by atoms with Gasteiger partial charge in [-0.1, -0.05) is 11.6 Å². The number of carboxylic acid groups (broad SMARTS) is 1. The van der Waals surface area contributed by atoms with E-state index in [1.807, 2.05) is 0 Å². The second-order valence-electron chi connectivity index (χ2n) is 6.06. The lowest BCUT2D eigenvalue weighted by atomic mass is 9.86. The van der Waals surface area contributed by atoms with E-state index < -0.39 is 21.8 Å². The molecule has 1 saturated carbocycles. The molecule has 0 atom stereocenters. The number of carbonyl (C=O) groups excluding carboxylic acids is 1. The van der Waals surface area contributed by atoms with Gasteiger partial charge >= 0.3 is 12.0 Å². The van der Waals surface area contributed by atoms with Crippen LogP contribution in [-0.4, -0.2) is 43.9 Å². The van der Waals surface area contributed by atoms with Crippen LogP contribution < -0.4 is 10.6 Å². The number of urea groups is 1. The zero-order chi connectivity index (χ0) is 18.4. The number of nitrogens with one attached hydrogen (secondary N) is 2. The fourth-order valence-corrected chi connectivity index (χ4v) is 4.06. The van der Waals surface area contributed by atoms with Gasteiger partial charge in [-0.15, -0.1) is 0 Å². The molecule has 1 aromatic carbocycles. The van der Waals surface area contributed by atoms with Crippen LogP contribution in [0.4, 0.5) is 4.79 Å². The Morgan fingerprint density at radius 3 is 2.28 bits per heavy atom. The van der Waals surface area contributed by atoms with E-state index in [-0.39, 0.29) is 29.2 Å². The summed E-state index contributed by atoms with van der Waals surface area (Å²) in [6.07, 6.45) is 2.28. The Bertz CT molecular complexity index is 713. The van der Waals surface area contributed by atoms with Gasteiger partial charge in [0.25, 0.3) is 0 Å². The van der Waals surface area contributed by atoms with Crippen molar-refractivity contribution < 1.29 is 23.1 Å². The summed E-state index contributed by atoms with van der Waals surface area (Å²) in [5.74, 6) is -1.35. The van der Waals surface area contributed by atoms with Gasteiger partial charge in [0.15, 0.2) is 9.84 Å². The Kier molecular flexibility index (Phi) is 6.66. The van der Waals surface area contributed by atoms with Crippen molar-refractivity contribution in [2.24, 2.45) is 5.92 Å². The molecule has 0 saturated heterocycles. The van der Waals surface area contributed by atoms with Crippen LogP contribution in [-0.2, 0) is 14.6 Å². The van der Waals surface area contributed by atoms with E-state index in [1.165, 1.54) is 24.3 Å². The van der Waals surface area contributed by atoms with Crippen LogP contribution in [0.2, 0.25) is 5.02 Å². The van der Waals surface area contributed by atoms with E-state index in [4.69, 9.17) is 16.7 Å². The smallest absolute Gasteiger partial charge is 0.315 e. The second kappa shape index (κ2) is 8.53. The lowest BCUT2D eigenvalue weighted by Crippen LogP contribution is -2.45. The highest BCUT2D eigenvalue weighted by atomic mass is 35.5. The summed E-state index contributed by atoms with van der Waals surface area (Å²) in [7, 11) is -3.49. The highest BCUT2D eigenvalue weighted by Crippen LogP contribution is 2.24. The monoisotopic (exact) mass is 388 g/mol. The summed E-state index contributed by atoms with van der Waals surface area (Å²) in [5, 5.41) is 14.7. The standard InChI is InChI=1S/C16H21ClN2O5S/c17-12-3-7-14(8-4-12)25(23,24)10-9-18-16(22)19-13-5-1-11(2-6-13)15(20)21/h3-4,7-8,11,13H,1-2,5-6,9-10H2,(H,20,21)(H2,18,19,22). The predicted molar refractivity (Wildman–Crippen MR) is 93.4 cm³/mol. The molecule has 1 aliphatic rings. The van der Waals surface area contributed by atoms with Crippen LogP contribution in [0.25, 0.3) is 0 Å². The maximum atomic E-state index is 12.1. The normalized spacial score (nSPS) is 20.7. The molecule has 0 aromatic heterocycles. The molecule has 1 aliphatic carbocycles. The number of rotatable bonds is 6. The van der Waals surface area contributed by atoms with Gasteiger partial charge in [-0.2, -0.15) is 0 Å². The zero-order valence-corrected chi connectivity index (χ0v) is 15.1. The van der Waals surface area contributed by atoms with Gasteiger partial charge in [0, 0.05) is 17.6 Å². The van der Waals surface area contributed by atoms with Gasteiger partial charge in [-0.25, -0.2) is 13.2 Å². The molecule has 3 N–H and O–H groups in total. The van der Waals surface area contributed by atoms with Crippen molar-refractivity contribution in [2.75, 3.05) is 12.3 Å². The topological polar surface area (TPSA) is 113 Å². The third kappa shape index (κ3) is 5.89. The molecule has 25 heavy (non-hydrogen) atoms. The molecule has 0 unspecified atom stereocenters. The summed E-state index contributed by atoms with van der Waals surface area (Å²) < 4.78 is 24.3. The lowest BCUT2D eigenvalue weighted by molar-refractivity contribution is -0.142. The quantitative estimate of drug-likeness (QED) is 0.690. The molecule has 1 aromatic rings. The van der Waals surface area contributed by atoms with Crippen molar-refractivity contribution in [1.82, 2.24) is 10.6 Å². The number of benzene rings is 1. The number of carbonyl (C=O) groups is 2. The van der Waals surface area contributed by atoms with Gasteiger partial charge < -0.3 is 15.7 Å². The van der Waals surface area contributed by atoms with Crippen molar-refractivity contribution in [3.05, 3.63) is 29.3 Å². The van der Waals surface area contributed by atoms with Crippen molar-refractivity contribution in [2.45, 2.75) is 36.6 Å². The highest BCUT2D eigenvalue weighted by molar-refractivity contribution is 7.91. The van der Waals surface area contributed by atoms with Gasteiger partial charge in [-0.3, -0.25) is 4.79 Å². The largest absolute Gasteiger partial charge is 0.481 e. The van der Waals surface area contributed by atoms with Crippen LogP contribution in [0.3, 0.4) is 0 Å². The zero-order valence-electron chi connectivity index (χ0n) is 13.6. The van der Waals surface area contributed by atoms with Crippen molar-refractivity contribution in [1.29, 1.82) is 0 Å². The molecular weight excluding hydrogens is 368 g/mol. The first-order valence-corrected chi connectivity index (χ1v) is 10.1. The van der Waals surface area contributed by atoms with Gasteiger partial charge in [0.05, 0.1) is 16.6 Å². The lowest BCUT2D eigenvalue weighted by Gasteiger charge is -2.26. The van der Waals surface area contributed by atoms with Crippen LogP contribution in [0, 0.1) is 5.92 Å². The van der Waals surface area contributed by atoms with Crippen molar-refractivity contribution in [3.8, 4) is 0 Å². The fraction of sp³-hybridized carbons (Fsp3) is 0.500. The maximum absolute atomic E-state index is 12.1. The Morgan fingerprint density at radius 1 is 1.12 bits per heavy atom. The summed E-state index contributed by atoms with van der Waals surface area (Å²) in [4.78, 5) is 22.9. The first-order valence-electron chi connectivity index (χ1n) is 8.03. The molecule has 138 valence electrons. The molecule has 0 radical (unpaired) electrons. The first-order chi connectivity index (χ1) is 11.8. The minimum atomic E-state index is -3.49. The molecule has 0 spiro atoms. The number of sulfone groups is 1. The molecule has 0 bridgehead atoms. The molecule has 0 aliphatic heterocycles. The number of hydrogen-bond acceptors (Lipinski definition) is 4. The van der Waals surface area contributed by atoms with Crippen LogP contribution in [0.1, 0.15) is 25.7 Å². The van der Waals surface area contributed by atoms with Gasteiger partial charge in [0.1, 0.15) is 0 Å². The molecule has 9 heteroatoms. The summed E-state index contributed by atoms with van der Waals surface area (Å²) >= 11 is 5.73. The number of hydrogen-bond donors (Lipinski definition) is 3. The molecule has 1 fully saturated rings. The Balaban J connectivity index is 1.73. The average Bonchev–Trinajstić information content (AvgIpc) is 2.55. The van der Waals surface area contributed by atoms with Crippen molar-refractivity contribution in [3.63, 3.8) is 0 Å². The SMILES string of the molecule is O=C(NCCS(=O)(=O)c1ccc(Cl)cc1)NC1CCC(C(=O)O)CC1. The van der Waals surface area contributed by atoms with E-state index in [1.54, 1.807) is 0 Å². The first kappa shape index (κ1) is 19.5. The third-order valence-electron chi connectivity index (χ3n) is 4.24. The second-order valence-corrected chi connectivity index (χ2v) is 8.61.